The monoisotopic (exact) mass is 214 g/mol. The number of rotatable bonds is 3. The number of ether oxygens (including phenoxy) is 1. The van der Waals surface area contributed by atoms with Gasteiger partial charge in [-0.25, -0.2) is 4.79 Å². The fourth-order valence-electron chi connectivity index (χ4n) is 1.21. The Morgan fingerprint density at radius 1 is 1.64 bits per heavy atom. The van der Waals surface area contributed by atoms with Gasteiger partial charge in [0.2, 0.25) is 0 Å². The van der Waals surface area contributed by atoms with Gasteiger partial charge in [-0.05, 0) is 30.9 Å². The van der Waals surface area contributed by atoms with Gasteiger partial charge >= 0.3 is 5.97 Å². The van der Waals surface area contributed by atoms with E-state index in [-0.39, 0.29) is 5.97 Å². The van der Waals surface area contributed by atoms with Crippen LogP contribution in [0.4, 0.5) is 0 Å². The quantitative estimate of drug-likeness (QED) is 0.781. The highest BCUT2D eigenvalue weighted by Gasteiger charge is 2.20. The summed E-state index contributed by atoms with van der Waals surface area (Å²) in [5, 5.41) is 11.4. The fourth-order valence-corrected chi connectivity index (χ4v) is 2.05. The van der Waals surface area contributed by atoms with Gasteiger partial charge in [0.1, 0.15) is 4.88 Å². The SMILES string of the molecule is COC(=O)c1sccc1CC(C)(C)O. The first-order valence-electron chi connectivity index (χ1n) is 4.31. The number of hydrogen-bond acceptors (Lipinski definition) is 4. The Kier molecular flexibility index (Phi) is 3.29. The van der Waals surface area contributed by atoms with Gasteiger partial charge in [-0.1, -0.05) is 0 Å². The Morgan fingerprint density at radius 3 is 2.79 bits per heavy atom. The van der Waals surface area contributed by atoms with Crippen molar-refractivity contribution in [1.29, 1.82) is 0 Å². The second kappa shape index (κ2) is 4.11. The number of carbonyl (C=O) groups is 1. The van der Waals surface area contributed by atoms with Gasteiger partial charge in [0.05, 0.1) is 12.7 Å². The van der Waals surface area contributed by atoms with E-state index in [1.165, 1.54) is 18.4 Å². The Hall–Kier alpha value is -0.870. The molecule has 78 valence electrons. The molecule has 1 aromatic rings. The summed E-state index contributed by atoms with van der Waals surface area (Å²) < 4.78 is 4.64. The molecule has 0 aliphatic rings. The first kappa shape index (κ1) is 11.2. The summed E-state index contributed by atoms with van der Waals surface area (Å²) >= 11 is 1.34. The summed E-state index contributed by atoms with van der Waals surface area (Å²) in [6, 6.07) is 1.84. The van der Waals surface area contributed by atoms with Crippen LogP contribution in [0.2, 0.25) is 0 Å². The van der Waals surface area contributed by atoms with E-state index in [1.807, 2.05) is 11.4 Å². The van der Waals surface area contributed by atoms with Gasteiger partial charge in [-0.15, -0.1) is 11.3 Å². The van der Waals surface area contributed by atoms with Crippen molar-refractivity contribution in [1.82, 2.24) is 0 Å². The van der Waals surface area contributed by atoms with Crippen LogP contribution in [0.15, 0.2) is 11.4 Å². The maximum Gasteiger partial charge on any atom is 0.348 e. The van der Waals surface area contributed by atoms with Gasteiger partial charge in [0.25, 0.3) is 0 Å². The molecule has 1 rings (SSSR count). The van der Waals surface area contributed by atoms with Gasteiger partial charge < -0.3 is 9.84 Å². The zero-order valence-electron chi connectivity index (χ0n) is 8.53. The van der Waals surface area contributed by atoms with E-state index in [9.17, 15) is 9.90 Å². The summed E-state index contributed by atoms with van der Waals surface area (Å²) in [5.74, 6) is -0.334. The van der Waals surface area contributed by atoms with Crippen LogP contribution < -0.4 is 0 Å². The summed E-state index contributed by atoms with van der Waals surface area (Å²) in [5.41, 5.74) is 0.0402. The Labute approximate surface area is 87.3 Å². The molecule has 0 aliphatic heterocycles. The largest absolute Gasteiger partial charge is 0.465 e. The van der Waals surface area contributed by atoms with E-state index in [0.717, 1.165) is 5.56 Å². The molecular weight excluding hydrogens is 200 g/mol. The Bertz CT molecular complexity index is 322. The fraction of sp³-hybridized carbons (Fsp3) is 0.500. The molecule has 0 radical (unpaired) electrons. The van der Waals surface area contributed by atoms with Gasteiger partial charge in [0.15, 0.2) is 0 Å². The molecule has 1 heterocycles. The maximum absolute atomic E-state index is 11.3. The molecule has 4 heteroatoms. The highest BCUT2D eigenvalue weighted by molar-refractivity contribution is 7.12. The van der Waals surface area contributed by atoms with Gasteiger partial charge in [-0.3, -0.25) is 0 Å². The second-order valence-electron chi connectivity index (χ2n) is 3.76. The third kappa shape index (κ3) is 2.82. The van der Waals surface area contributed by atoms with Crippen molar-refractivity contribution in [3.8, 4) is 0 Å². The van der Waals surface area contributed by atoms with E-state index in [0.29, 0.717) is 11.3 Å². The van der Waals surface area contributed by atoms with Crippen LogP contribution in [-0.4, -0.2) is 23.8 Å². The number of methoxy groups -OCH3 is 1. The molecule has 0 saturated heterocycles. The van der Waals surface area contributed by atoms with E-state index < -0.39 is 5.60 Å². The second-order valence-corrected chi connectivity index (χ2v) is 4.67. The smallest absolute Gasteiger partial charge is 0.348 e. The molecule has 0 spiro atoms. The van der Waals surface area contributed by atoms with Crippen LogP contribution >= 0.6 is 11.3 Å². The molecule has 0 atom stereocenters. The van der Waals surface area contributed by atoms with Crippen LogP contribution in [0, 0.1) is 0 Å². The lowest BCUT2D eigenvalue weighted by Crippen LogP contribution is -2.22. The van der Waals surface area contributed by atoms with Crippen LogP contribution in [0.3, 0.4) is 0 Å². The summed E-state index contributed by atoms with van der Waals surface area (Å²) in [6.45, 7) is 3.43. The summed E-state index contributed by atoms with van der Waals surface area (Å²) in [7, 11) is 1.36. The van der Waals surface area contributed by atoms with Crippen LogP contribution in [0.5, 0.6) is 0 Å². The van der Waals surface area contributed by atoms with Crippen molar-refractivity contribution in [3.05, 3.63) is 21.9 Å². The zero-order valence-corrected chi connectivity index (χ0v) is 9.35. The number of hydrogen-bond donors (Lipinski definition) is 1. The highest BCUT2D eigenvalue weighted by atomic mass is 32.1. The van der Waals surface area contributed by atoms with Crippen molar-refractivity contribution in [3.63, 3.8) is 0 Å². The minimum atomic E-state index is -0.802. The maximum atomic E-state index is 11.3. The van der Waals surface area contributed by atoms with Crippen molar-refractivity contribution in [2.75, 3.05) is 7.11 Å². The van der Waals surface area contributed by atoms with E-state index in [2.05, 4.69) is 4.74 Å². The van der Waals surface area contributed by atoms with E-state index in [1.54, 1.807) is 13.8 Å². The van der Waals surface area contributed by atoms with Crippen LogP contribution in [-0.2, 0) is 11.2 Å². The molecule has 0 unspecified atom stereocenters. The zero-order chi connectivity index (χ0) is 10.8. The molecule has 14 heavy (non-hydrogen) atoms. The first-order valence-corrected chi connectivity index (χ1v) is 5.19. The standard InChI is InChI=1S/C10H14O3S/c1-10(2,12)6-7-4-5-14-8(7)9(11)13-3/h4-5,12H,6H2,1-3H3. The van der Waals surface area contributed by atoms with E-state index >= 15 is 0 Å². The minimum absolute atomic E-state index is 0.334. The van der Waals surface area contributed by atoms with Gasteiger partial charge in [-0.2, -0.15) is 0 Å². The van der Waals surface area contributed by atoms with Crippen molar-refractivity contribution < 1.29 is 14.6 Å². The average Bonchev–Trinajstić information content (AvgIpc) is 2.48. The predicted octanol–water partition coefficient (Wildman–Crippen LogP) is 1.85. The lowest BCUT2D eigenvalue weighted by molar-refractivity contribution is 0.0599. The van der Waals surface area contributed by atoms with Crippen LogP contribution in [0.1, 0.15) is 29.1 Å². The lowest BCUT2D eigenvalue weighted by Gasteiger charge is -2.16. The number of aliphatic hydroxyl groups is 1. The topological polar surface area (TPSA) is 46.5 Å². The predicted molar refractivity (Wildman–Crippen MR) is 55.7 cm³/mol. The van der Waals surface area contributed by atoms with Crippen LogP contribution in [0.25, 0.3) is 0 Å². The van der Waals surface area contributed by atoms with Crippen molar-refractivity contribution >= 4 is 17.3 Å². The average molecular weight is 214 g/mol. The molecule has 0 fully saturated rings. The normalized spacial score (nSPS) is 11.4. The van der Waals surface area contributed by atoms with Gasteiger partial charge in [0, 0.05) is 6.42 Å². The molecule has 1 N–H and O–H groups in total. The highest BCUT2D eigenvalue weighted by Crippen LogP contribution is 2.22. The van der Waals surface area contributed by atoms with Crippen molar-refractivity contribution in [2.24, 2.45) is 0 Å². The molecular formula is C10H14O3S. The summed E-state index contributed by atoms with van der Waals surface area (Å²) in [6.07, 6.45) is 0.459. The summed E-state index contributed by atoms with van der Waals surface area (Å²) in [4.78, 5) is 11.9. The third-order valence-corrected chi connectivity index (χ3v) is 2.68. The molecule has 0 saturated carbocycles. The molecule has 0 bridgehead atoms. The first-order chi connectivity index (χ1) is 6.44. The van der Waals surface area contributed by atoms with Crippen molar-refractivity contribution in [2.45, 2.75) is 25.9 Å². The number of esters is 1. The Balaban J connectivity index is 2.88. The minimum Gasteiger partial charge on any atom is -0.465 e. The lowest BCUT2D eigenvalue weighted by atomic mass is 9.99. The molecule has 0 amide bonds. The number of thiophene rings is 1. The molecule has 1 aromatic heterocycles. The molecule has 0 aromatic carbocycles. The third-order valence-electron chi connectivity index (χ3n) is 1.74. The Morgan fingerprint density at radius 2 is 2.29 bits per heavy atom. The molecule has 0 aliphatic carbocycles. The molecule has 3 nitrogen and oxygen atoms in total. The van der Waals surface area contributed by atoms with E-state index in [4.69, 9.17) is 0 Å². The number of carbonyl (C=O) groups excluding carboxylic acids is 1.